The smallest absolute Gasteiger partial charge is 0.407 e. The third-order valence-corrected chi connectivity index (χ3v) is 9.38. The minimum Gasteiger partial charge on any atom is -0.465 e. The van der Waals surface area contributed by atoms with Crippen molar-refractivity contribution in [2.45, 2.75) is 57.5 Å². The molecule has 1 rings (SSSR count). The van der Waals surface area contributed by atoms with E-state index in [0.717, 1.165) is 11.2 Å². The van der Waals surface area contributed by atoms with Crippen molar-refractivity contribution in [1.29, 1.82) is 0 Å². The highest BCUT2D eigenvalue weighted by atomic mass is 32.2. The molecule has 9 heteroatoms. The molecule has 0 bridgehead atoms. The van der Waals surface area contributed by atoms with E-state index in [1.54, 1.807) is 0 Å². The molecule has 7 nitrogen and oxygen atoms in total. The van der Waals surface area contributed by atoms with Crippen LogP contribution in [0.25, 0.3) is 0 Å². The van der Waals surface area contributed by atoms with Crippen LogP contribution < -0.4 is 0 Å². The van der Waals surface area contributed by atoms with E-state index in [0.29, 0.717) is 6.42 Å². The Labute approximate surface area is 133 Å². The molecule has 1 fully saturated rings. The number of carboxylic acid groups (broad SMARTS) is 1. The molecule has 0 aromatic heterocycles. The van der Waals surface area contributed by atoms with Crippen LogP contribution in [0.3, 0.4) is 0 Å². The standard InChI is InChI=1S/C13H27NO6SSi/c1-13(2,3)22(5,6)20-11-7-10(19-21(4,17)18)8-14(9-11)12(15)16/h10-11H,7-9H2,1-6H3,(H,15,16). The number of carbonyl (C=O) groups is 1. The van der Waals surface area contributed by atoms with E-state index in [-0.39, 0.29) is 24.2 Å². The summed E-state index contributed by atoms with van der Waals surface area (Å²) in [4.78, 5) is 12.4. The molecule has 2 unspecified atom stereocenters. The Morgan fingerprint density at radius 3 is 2.14 bits per heavy atom. The zero-order valence-corrected chi connectivity index (χ0v) is 15.9. The van der Waals surface area contributed by atoms with E-state index in [1.165, 1.54) is 0 Å². The van der Waals surface area contributed by atoms with Gasteiger partial charge in [-0.1, -0.05) is 20.8 Å². The molecule has 1 heterocycles. The van der Waals surface area contributed by atoms with Crippen LogP contribution in [0.15, 0.2) is 0 Å². The summed E-state index contributed by atoms with van der Waals surface area (Å²) in [6, 6.07) is 0. The largest absolute Gasteiger partial charge is 0.465 e. The van der Waals surface area contributed by atoms with Gasteiger partial charge in [0.25, 0.3) is 10.1 Å². The fraction of sp³-hybridized carbons (Fsp3) is 0.923. The van der Waals surface area contributed by atoms with Gasteiger partial charge in [0, 0.05) is 13.0 Å². The summed E-state index contributed by atoms with van der Waals surface area (Å²) < 4.78 is 33.8. The zero-order valence-electron chi connectivity index (χ0n) is 14.1. The van der Waals surface area contributed by atoms with Gasteiger partial charge in [0.1, 0.15) is 0 Å². The van der Waals surface area contributed by atoms with Gasteiger partial charge in [0.15, 0.2) is 8.32 Å². The summed E-state index contributed by atoms with van der Waals surface area (Å²) in [6.07, 6.45) is -0.794. The van der Waals surface area contributed by atoms with Gasteiger partial charge in [-0.15, -0.1) is 0 Å². The van der Waals surface area contributed by atoms with Gasteiger partial charge in [0.2, 0.25) is 0 Å². The van der Waals surface area contributed by atoms with Gasteiger partial charge in [-0.25, -0.2) is 4.79 Å². The first-order valence-corrected chi connectivity index (χ1v) is 12.0. The summed E-state index contributed by atoms with van der Waals surface area (Å²) in [7, 11) is -5.70. The average Bonchev–Trinajstić information content (AvgIpc) is 2.23. The lowest BCUT2D eigenvalue weighted by molar-refractivity contribution is 0.0155. The summed E-state index contributed by atoms with van der Waals surface area (Å²) in [6.45, 7) is 10.7. The molecule has 0 spiro atoms. The molecule has 1 aliphatic rings. The maximum atomic E-state index is 11.3. The SMILES string of the molecule is CC(C)(C)[Si](C)(C)OC1CC(OS(C)(=O)=O)CN(C(=O)O)C1. The molecule has 0 aliphatic carbocycles. The lowest BCUT2D eigenvalue weighted by Crippen LogP contribution is -2.54. The van der Waals surface area contributed by atoms with Gasteiger partial charge >= 0.3 is 6.09 Å². The quantitative estimate of drug-likeness (QED) is 0.614. The van der Waals surface area contributed by atoms with Crippen molar-refractivity contribution in [2.24, 2.45) is 0 Å². The molecule has 1 amide bonds. The number of hydrogen-bond donors (Lipinski definition) is 1. The van der Waals surface area contributed by atoms with Crippen LogP contribution in [0.1, 0.15) is 27.2 Å². The first-order valence-electron chi connectivity index (χ1n) is 7.25. The molecule has 130 valence electrons. The van der Waals surface area contributed by atoms with Crippen LogP contribution in [-0.4, -0.2) is 64.4 Å². The summed E-state index contributed by atoms with van der Waals surface area (Å²) in [5.41, 5.74) is 0. The van der Waals surface area contributed by atoms with Crippen molar-refractivity contribution >= 4 is 24.5 Å². The van der Waals surface area contributed by atoms with Crippen molar-refractivity contribution in [2.75, 3.05) is 19.3 Å². The lowest BCUT2D eigenvalue weighted by atomic mass is 10.1. The Bertz CT molecular complexity index is 513. The van der Waals surface area contributed by atoms with Gasteiger partial charge in [-0.05, 0) is 18.1 Å². The highest BCUT2D eigenvalue weighted by Gasteiger charge is 2.42. The van der Waals surface area contributed by atoms with Crippen LogP contribution in [0.2, 0.25) is 18.1 Å². The first-order chi connectivity index (χ1) is 9.71. The lowest BCUT2D eigenvalue weighted by Gasteiger charge is -2.43. The van der Waals surface area contributed by atoms with E-state index in [9.17, 15) is 18.3 Å². The Balaban J connectivity index is 2.87. The number of hydrogen-bond acceptors (Lipinski definition) is 5. The molecule has 22 heavy (non-hydrogen) atoms. The van der Waals surface area contributed by atoms with Gasteiger partial charge in [-0.2, -0.15) is 8.42 Å². The third kappa shape index (κ3) is 5.53. The fourth-order valence-corrected chi connectivity index (χ4v) is 4.15. The second-order valence-electron chi connectivity index (χ2n) is 7.35. The first kappa shape index (κ1) is 19.4. The van der Waals surface area contributed by atoms with E-state index < -0.39 is 30.6 Å². The van der Waals surface area contributed by atoms with E-state index >= 15 is 0 Å². The van der Waals surface area contributed by atoms with Crippen molar-refractivity contribution in [3.05, 3.63) is 0 Å². The van der Waals surface area contributed by atoms with E-state index in [4.69, 9.17) is 8.61 Å². The van der Waals surface area contributed by atoms with Crippen molar-refractivity contribution < 1.29 is 26.9 Å². The van der Waals surface area contributed by atoms with Gasteiger partial charge < -0.3 is 14.4 Å². The third-order valence-electron chi connectivity index (χ3n) is 4.22. The van der Waals surface area contributed by atoms with E-state index in [2.05, 4.69) is 33.9 Å². The summed E-state index contributed by atoms with van der Waals surface area (Å²) in [5, 5.41) is 9.20. The Kier molecular flexibility index (Phi) is 5.70. The summed E-state index contributed by atoms with van der Waals surface area (Å²) in [5.74, 6) is 0. The number of rotatable bonds is 4. The highest BCUT2D eigenvalue weighted by molar-refractivity contribution is 7.86. The fourth-order valence-electron chi connectivity index (χ4n) is 2.16. The molecule has 2 atom stereocenters. The molecule has 1 saturated heterocycles. The maximum Gasteiger partial charge on any atom is 0.407 e. The van der Waals surface area contributed by atoms with Crippen molar-refractivity contribution in [3.8, 4) is 0 Å². The van der Waals surface area contributed by atoms with Gasteiger partial charge in [-0.3, -0.25) is 4.18 Å². The van der Waals surface area contributed by atoms with Crippen LogP contribution in [0, 0.1) is 0 Å². The average molecular weight is 354 g/mol. The molecule has 0 aromatic rings. The second kappa shape index (κ2) is 6.46. The maximum absolute atomic E-state index is 11.3. The van der Waals surface area contributed by atoms with Crippen molar-refractivity contribution in [3.63, 3.8) is 0 Å². The Morgan fingerprint density at radius 1 is 1.23 bits per heavy atom. The Hall–Kier alpha value is -0.643. The van der Waals surface area contributed by atoms with Crippen LogP contribution >= 0.6 is 0 Å². The highest BCUT2D eigenvalue weighted by Crippen LogP contribution is 2.38. The molecular weight excluding hydrogens is 326 g/mol. The van der Waals surface area contributed by atoms with Gasteiger partial charge in [0.05, 0.1) is 25.0 Å². The molecule has 1 N–H and O–H groups in total. The molecule has 0 aromatic carbocycles. The zero-order chi connectivity index (χ0) is 17.3. The summed E-state index contributed by atoms with van der Waals surface area (Å²) >= 11 is 0. The number of likely N-dealkylation sites (tertiary alicyclic amines) is 1. The van der Waals surface area contributed by atoms with Crippen molar-refractivity contribution in [1.82, 2.24) is 4.90 Å². The number of piperidine rings is 1. The van der Waals surface area contributed by atoms with Crippen LogP contribution in [-0.2, 0) is 18.7 Å². The molecule has 0 radical (unpaired) electrons. The molecule has 0 saturated carbocycles. The minimum atomic E-state index is -3.63. The second-order valence-corrected chi connectivity index (χ2v) is 13.7. The van der Waals surface area contributed by atoms with E-state index in [1.807, 2.05) is 0 Å². The van der Waals surface area contributed by atoms with Crippen LogP contribution in [0.5, 0.6) is 0 Å². The topological polar surface area (TPSA) is 93.1 Å². The minimum absolute atomic E-state index is 0.00825. The Morgan fingerprint density at radius 2 is 1.73 bits per heavy atom. The predicted molar refractivity (Wildman–Crippen MR) is 86.0 cm³/mol. The molecular formula is C13H27NO6SSi. The number of amides is 1. The number of nitrogens with zero attached hydrogens (tertiary/aromatic N) is 1. The van der Waals surface area contributed by atoms with Crippen LogP contribution in [0.4, 0.5) is 4.79 Å². The molecule has 1 aliphatic heterocycles. The predicted octanol–water partition coefficient (Wildman–Crippen LogP) is 2.11. The normalized spacial score (nSPS) is 24.4. The monoisotopic (exact) mass is 353 g/mol.